The average Bonchev–Trinajstić information content (AvgIpc) is 2.45. The number of hydrogen-bond donors (Lipinski definition) is 2. The highest BCUT2D eigenvalue weighted by molar-refractivity contribution is 5.75. The largest absolute Gasteiger partial charge is 0.480 e. The first-order valence-electron chi connectivity index (χ1n) is 3.62. The lowest BCUT2D eigenvalue weighted by atomic mass is 10.2. The van der Waals surface area contributed by atoms with E-state index < -0.39 is 12.0 Å². The number of aliphatic carboxylic acids is 1. The van der Waals surface area contributed by atoms with Crippen molar-refractivity contribution in [3.63, 3.8) is 0 Å². The summed E-state index contributed by atoms with van der Waals surface area (Å²) in [5.41, 5.74) is 5.77. The van der Waals surface area contributed by atoms with Crippen LogP contribution in [0.2, 0.25) is 0 Å². The van der Waals surface area contributed by atoms with Crippen LogP contribution < -0.4 is 10.5 Å². The molecular formula is C7H11N3O3. The molecule has 6 nitrogen and oxygen atoms in total. The Kier molecular flexibility index (Phi) is 2.52. The van der Waals surface area contributed by atoms with Crippen molar-refractivity contribution >= 4 is 5.97 Å². The molecule has 1 unspecified atom stereocenters. The molecule has 0 fully saturated rings. The first-order chi connectivity index (χ1) is 6.06. The summed E-state index contributed by atoms with van der Waals surface area (Å²) >= 11 is 0. The molecule has 1 atom stereocenters. The van der Waals surface area contributed by atoms with E-state index in [-0.39, 0.29) is 5.88 Å². The number of rotatable bonds is 3. The molecule has 3 N–H and O–H groups in total. The monoisotopic (exact) mass is 185 g/mol. The van der Waals surface area contributed by atoms with Crippen LogP contribution in [-0.2, 0) is 11.8 Å². The van der Waals surface area contributed by atoms with Gasteiger partial charge in [-0.2, -0.15) is 0 Å². The molecule has 6 heteroatoms. The van der Waals surface area contributed by atoms with E-state index in [0.717, 1.165) is 0 Å². The summed E-state index contributed by atoms with van der Waals surface area (Å²) in [5.74, 6) is -0.858. The Morgan fingerprint density at radius 3 is 2.92 bits per heavy atom. The fraction of sp³-hybridized carbons (Fsp3) is 0.429. The van der Waals surface area contributed by atoms with Gasteiger partial charge in [-0.15, -0.1) is 5.10 Å². The van der Waals surface area contributed by atoms with E-state index in [4.69, 9.17) is 15.6 Å². The second-order valence-electron chi connectivity index (χ2n) is 2.58. The lowest BCUT2D eigenvalue weighted by Gasteiger charge is -2.04. The van der Waals surface area contributed by atoms with Gasteiger partial charge in [0.15, 0.2) is 0 Å². The SMILES string of the molecule is COc1nn(C)cc1C(N)C(=O)O. The molecule has 0 saturated carbocycles. The molecule has 0 aliphatic heterocycles. The van der Waals surface area contributed by atoms with Gasteiger partial charge in [-0.25, -0.2) is 0 Å². The molecule has 1 rings (SSSR count). The van der Waals surface area contributed by atoms with E-state index in [1.165, 1.54) is 18.0 Å². The highest BCUT2D eigenvalue weighted by atomic mass is 16.5. The molecule has 0 aromatic carbocycles. The summed E-state index contributed by atoms with van der Waals surface area (Å²) in [6, 6.07) is -1.09. The first kappa shape index (κ1) is 9.53. The summed E-state index contributed by atoms with van der Waals surface area (Å²) in [5, 5.41) is 12.5. The van der Waals surface area contributed by atoms with E-state index >= 15 is 0 Å². The zero-order valence-corrected chi connectivity index (χ0v) is 7.39. The van der Waals surface area contributed by atoms with Gasteiger partial charge in [-0.3, -0.25) is 9.48 Å². The number of methoxy groups -OCH3 is 1. The predicted octanol–water partition coefficient (Wildman–Crippen LogP) is -0.487. The minimum absolute atomic E-state index is 0.248. The highest BCUT2D eigenvalue weighted by Crippen LogP contribution is 2.21. The lowest BCUT2D eigenvalue weighted by molar-refractivity contribution is -0.138. The smallest absolute Gasteiger partial charge is 0.325 e. The summed E-state index contributed by atoms with van der Waals surface area (Å²) in [6.45, 7) is 0. The predicted molar refractivity (Wildman–Crippen MR) is 44.3 cm³/mol. The molecule has 13 heavy (non-hydrogen) atoms. The maximum Gasteiger partial charge on any atom is 0.325 e. The molecule has 72 valence electrons. The number of carboxylic acids is 1. The van der Waals surface area contributed by atoms with Gasteiger partial charge in [0.05, 0.1) is 12.7 Å². The minimum Gasteiger partial charge on any atom is -0.480 e. The van der Waals surface area contributed by atoms with Crippen LogP contribution >= 0.6 is 0 Å². The van der Waals surface area contributed by atoms with Crippen LogP contribution in [0.3, 0.4) is 0 Å². The summed E-state index contributed by atoms with van der Waals surface area (Å²) in [7, 11) is 3.08. The zero-order valence-electron chi connectivity index (χ0n) is 7.39. The van der Waals surface area contributed by atoms with Gasteiger partial charge < -0.3 is 15.6 Å². The molecular weight excluding hydrogens is 174 g/mol. The summed E-state index contributed by atoms with van der Waals surface area (Å²) < 4.78 is 6.32. The topological polar surface area (TPSA) is 90.4 Å². The van der Waals surface area contributed by atoms with Gasteiger partial charge in [0.1, 0.15) is 6.04 Å². The number of nitrogens with two attached hydrogens (primary N) is 1. The quantitative estimate of drug-likeness (QED) is 0.663. The third-order valence-electron chi connectivity index (χ3n) is 1.62. The molecule has 1 aromatic heterocycles. The minimum atomic E-state index is -1.11. The number of ether oxygens (including phenoxy) is 1. The Labute approximate surface area is 74.9 Å². The van der Waals surface area contributed by atoms with Gasteiger partial charge >= 0.3 is 5.97 Å². The third kappa shape index (κ3) is 1.78. The van der Waals surface area contributed by atoms with Crippen molar-refractivity contribution in [2.75, 3.05) is 7.11 Å². The second kappa shape index (κ2) is 3.44. The Hall–Kier alpha value is -1.56. The van der Waals surface area contributed by atoms with E-state index in [9.17, 15) is 4.79 Å². The Morgan fingerprint density at radius 1 is 1.85 bits per heavy atom. The van der Waals surface area contributed by atoms with Crippen LogP contribution in [0.1, 0.15) is 11.6 Å². The molecule has 0 radical (unpaired) electrons. The molecule has 1 aromatic rings. The van der Waals surface area contributed by atoms with E-state index in [1.54, 1.807) is 7.05 Å². The van der Waals surface area contributed by atoms with Crippen molar-refractivity contribution in [3.8, 4) is 5.88 Å². The third-order valence-corrected chi connectivity index (χ3v) is 1.62. The van der Waals surface area contributed by atoms with E-state index in [2.05, 4.69) is 5.10 Å². The molecule has 0 amide bonds. The average molecular weight is 185 g/mol. The van der Waals surface area contributed by atoms with Crippen LogP contribution in [-0.4, -0.2) is 28.0 Å². The van der Waals surface area contributed by atoms with Gasteiger partial charge in [-0.05, 0) is 0 Å². The van der Waals surface area contributed by atoms with Crippen molar-refractivity contribution < 1.29 is 14.6 Å². The number of carboxylic acid groups (broad SMARTS) is 1. The van der Waals surface area contributed by atoms with Crippen molar-refractivity contribution in [1.29, 1.82) is 0 Å². The van der Waals surface area contributed by atoms with Gasteiger partial charge in [0.25, 0.3) is 0 Å². The molecule has 0 spiro atoms. The Morgan fingerprint density at radius 2 is 2.46 bits per heavy atom. The van der Waals surface area contributed by atoms with Crippen molar-refractivity contribution in [1.82, 2.24) is 9.78 Å². The number of hydrogen-bond acceptors (Lipinski definition) is 4. The fourth-order valence-corrected chi connectivity index (χ4v) is 0.991. The highest BCUT2D eigenvalue weighted by Gasteiger charge is 2.21. The number of aryl methyl sites for hydroxylation is 1. The van der Waals surface area contributed by atoms with Gasteiger partial charge in [0.2, 0.25) is 5.88 Å². The normalized spacial score (nSPS) is 12.5. The fourth-order valence-electron chi connectivity index (χ4n) is 0.991. The summed E-state index contributed by atoms with van der Waals surface area (Å²) in [6.07, 6.45) is 1.53. The van der Waals surface area contributed by atoms with Crippen molar-refractivity contribution in [3.05, 3.63) is 11.8 Å². The lowest BCUT2D eigenvalue weighted by Crippen LogP contribution is -2.20. The number of aromatic nitrogens is 2. The van der Waals surface area contributed by atoms with Gasteiger partial charge in [-0.1, -0.05) is 0 Å². The van der Waals surface area contributed by atoms with Crippen molar-refractivity contribution in [2.24, 2.45) is 12.8 Å². The maximum atomic E-state index is 10.6. The van der Waals surface area contributed by atoms with Crippen LogP contribution in [0.5, 0.6) is 5.88 Å². The van der Waals surface area contributed by atoms with E-state index in [1.807, 2.05) is 0 Å². The Bertz CT molecular complexity index is 321. The van der Waals surface area contributed by atoms with Crippen LogP contribution in [0.25, 0.3) is 0 Å². The van der Waals surface area contributed by atoms with E-state index in [0.29, 0.717) is 5.56 Å². The number of carbonyl (C=O) groups is 1. The van der Waals surface area contributed by atoms with Crippen molar-refractivity contribution in [2.45, 2.75) is 6.04 Å². The first-order valence-corrected chi connectivity index (χ1v) is 3.62. The summed E-state index contributed by atoms with van der Waals surface area (Å²) in [4.78, 5) is 10.6. The zero-order chi connectivity index (χ0) is 10.0. The Balaban J connectivity index is 3.05. The standard InChI is InChI=1S/C7H11N3O3/c1-10-3-4(5(8)7(11)12)6(9-10)13-2/h3,5H,8H2,1-2H3,(H,11,12). The molecule has 0 saturated heterocycles. The van der Waals surface area contributed by atoms with Crippen LogP contribution in [0.15, 0.2) is 6.20 Å². The molecule has 0 bridgehead atoms. The molecule has 0 aliphatic rings. The van der Waals surface area contributed by atoms with Gasteiger partial charge in [0, 0.05) is 13.2 Å². The molecule has 1 heterocycles. The molecule has 0 aliphatic carbocycles. The number of nitrogens with zero attached hydrogens (tertiary/aromatic N) is 2. The maximum absolute atomic E-state index is 10.6. The second-order valence-corrected chi connectivity index (χ2v) is 2.58. The van der Waals surface area contributed by atoms with Crippen LogP contribution in [0.4, 0.5) is 0 Å². The van der Waals surface area contributed by atoms with Crippen LogP contribution in [0, 0.1) is 0 Å².